The molecule has 0 aliphatic carbocycles. The van der Waals surface area contributed by atoms with Crippen LogP contribution in [0, 0.1) is 9.49 Å². The molecule has 1 saturated heterocycles. The summed E-state index contributed by atoms with van der Waals surface area (Å²) in [6.45, 7) is 0. The summed E-state index contributed by atoms with van der Waals surface area (Å²) in [5, 5.41) is 3.26. The summed E-state index contributed by atoms with van der Waals surface area (Å²) in [5.41, 5.74) is 1.18. The number of hydrogen-bond acceptors (Lipinski definition) is 3. The van der Waals surface area contributed by atoms with Crippen molar-refractivity contribution >= 4 is 32.4 Å². The van der Waals surface area contributed by atoms with Crippen LogP contribution >= 0.6 is 22.6 Å². The molecule has 1 aliphatic heterocycles. The van der Waals surface area contributed by atoms with Gasteiger partial charge in [-0.15, -0.1) is 0 Å². The predicted octanol–water partition coefficient (Wildman–Crippen LogP) is 1.99. The number of benzene rings is 1. The van der Waals surface area contributed by atoms with E-state index in [1.54, 1.807) is 0 Å². The maximum atomic E-state index is 11.5. The zero-order chi connectivity index (χ0) is 12.5. The van der Waals surface area contributed by atoms with E-state index in [4.69, 9.17) is 0 Å². The lowest BCUT2D eigenvalue weighted by Gasteiger charge is -2.22. The average Bonchev–Trinajstić information content (AvgIpc) is 2.60. The van der Waals surface area contributed by atoms with Crippen molar-refractivity contribution in [2.24, 2.45) is 5.92 Å². The van der Waals surface area contributed by atoms with Crippen LogP contribution in [0.3, 0.4) is 0 Å². The third kappa shape index (κ3) is 3.20. The van der Waals surface area contributed by atoms with Gasteiger partial charge in [0, 0.05) is 9.61 Å². The minimum Gasteiger partial charge on any atom is -0.313 e. The van der Waals surface area contributed by atoms with Crippen molar-refractivity contribution in [1.29, 1.82) is 0 Å². The lowest BCUT2D eigenvalue weighted by Crippen LogP contribution is -2.26. The molecule has 1 N–H and O–H groups in total. The molecule has 0 spiro atoms. The van der Waals surface area contributed by atoms with Crippen molar-refractivity contribution < 1.29 is 8.42 Å². The van der Waals surface area contributed by atoms with Gasteiger partial charge in [-0.3, -0.25) is 0 Å². The first kappa shape index (κ1) is 13.3. The number of nitrogens with one attached hydrogen (secondary N) is 1. The van der Waals surface area contributed by atoms with Gasteiger partial charge in [0.05, 0.1) is 11.5 Å². The fourth-order valence-electron chi connectivity index (χ4n) is 2.46. The third-order valence-electron chi connectivity index (χ3n) is 3.26. The number of sulfone groups is 1. The highest BCUT2D eigenvalue weighted by Gasteiger charge is 2.33. The van der Waals surface area contributed by atoms with E-state index in [1.807, 2.05) is 19.2 Å². The monoisotopic (exact) mass is 365 g/mol. The minimum atomic E-state index is -2.81. The van der Waals surface area contributed by atoms with Gasteiger partial charge in [-0.2, -0.15) is 0 Å². The third-order valence-corrected chi connectivity index (χ3v) is 5.72. The second-order valence-electron chi connectivity index (χ2n) is 4.48. The first-order valence-electron chi connectivity index (χ1n) is 5.65. The summed E-state index contributed by atoms with van der Waals surface area (Å²) in [7, 11) is -0.912. The van der Waals surface area contributed by atoms with Crippen LogP contribution in [0.2, 0.25) is 0 Å². The first-order valence-corrected chi connectivity index (χ1v) is 8.55. The van der Waals surface area contributed by atoms with Crippen molar-refractivity contribution in [3.63, 3.8) is 0 Å². The highest BCUT2D eigenvalue weighted by Crippen LogP contribution is 2.31. The molecule has 1 fully saturated rings. The lowest BCUT2D eigenvalue weighted by atomic mass is 9.93. The van der Waals surface area contributed by atoms with Crippen LogP contribution in [-0.4, -0.2) is 27.0 Å². The Bertz CT molecular complexity index is 501. The van der Waals surface area contributed by atoms with Crippen molar-refractivity contribution in [2.45, 2.75) is 12.5 Å². The second-order valence-corrected chi connectivity index (χ2v) is 7.96. The van der Waals surface area contributed by atoms with E-state index < -0.39 is 9.84 Å². The fraction of sp³-hybridized carbons (Fsp3) is 0.500. The van der Waals surface area contributed by atoms with Crippen LogP contribution in [0.1, 0.15) is 18.0 Å². The van der Waals surface area contributed by atoms with E-state index in [1.165, 1.54) is 9.13 Å². The van der Waals surface area contributed by atoms with E-state index in [-0.39, 0.29) is 12.0 Å². The fourth-order valence-corrected chi connectivity index (χ4v) is 4.87. The topological polar surface area (TPSA) is 46.2 Å². The zero-order valence-electron chi connectivity index (χ0n) is 9.69. The number of rotatable bonds is 3. The number of halogens is 1. The van der Waals surface area contributed by atoms with Crippen molar-refractivity contribution in [3.8, 4) is 0 Å². The van der Waals surface area contributed by atoms with E-state index >= 15 is 0 Å². The molecule has 0 bridgehead atoms. The Morgan fingerprint density at radius 2 is 2.24 bits per heavy atom. The molecular formula is C12H16INO2S. The Balaban J connectivity index is 2.23. The average molecular weight is 365 g/mol. The molecule has 17 heavy (non-hydrogen) atoms. The van der Waals surface area contributed by atoms with E-state index in [2.05, 4.69) is 40.0 Å². The van der Waals surface area contributed by atoms with Gasteiger partial charge in [-0.05, 0) is 59.7 Å². The summed E-state index contributed by atoms with van der Waals surface area (Å²) in [6, 6.07) is 8.38. The molecule has 0 aromatic heterocycles. The number of hydrogen-bond donors (Lipinski definition) is 1. The van der Waals surface area contributed by atoms with Crippen LogP contribution in [0.5, 0.6) is 0 Å². The molecule has 1 aromatic rings. The summed E-state index contributed by atoms with van der Waals surface area (Å²) in [5.74, 6) is 0.840. The molecule has 0 radical (unpaired) electrons. The zero-order valence-corrected chi connectivity index (χ0v) is 12.7. The minimum absolute atomic E-state index is 0.141. The Kier molecular flexibility index (Phi) is 4.10. The van der Waals surface area contributed by atoms with Gasteiger partial charge in [0.1, 0.15) is 0 Å². The van der Waals surface area contributed by atoms with E-state index in [0.717, 1.165) is 6.42 Å². The quantitative estimate of drug-likeness (QED) is 0.834. The normalized spacial score (nSPS) is 24.7. The Hall–Kier alpha value is -0.140. The largest absolute Gasteiger partial charge is 0.313 e. The predicted molar refractivity (Wildman–Crippen MR) is 77.7 cm³/mol. The van der Waals surface area contributed by atoms with Gasteiger partial charge in [0.25, 0.3) is 0 Å². The standard InChI is InChI=1S/C12H16INO2S/c1-14-12(9-3-2-4-11(13)7-9)10-5-6-17(15,16)8-10/h2-4,7,10,12,14H,5-6,8H2,1H3. The highest BCUT2D eigenvalue weighted by molar-refractivity contribution is 14.1. The molecule has 0 saturated carbocycles. The molecule has 5 heteroatoms. The summed E-state index contributed by atoms with van der Waals surface area (Å²) >= 11 is 2.28. The smallest absolute Gasteiger partial charge is 0.150 e. The van der Waals surface area contributed by atoms with Crippen molar-refractivity contribution in [2.75, 3.05) is 18.6 Å². The van der Waals surface area contributed by atoms with E-state index in [0.29, 0.717) is 11.5 Å². The maximum absolute atomic E-state index is 11.5. The molecule has 0 amide bonds. The van der Waals surface area contributed by atoms with Gasteiger partial charge in [-0.1, -0.05) is 12.1 Å². The van der Waals surface area contributed by atoms with Crippen LogP contribution in [0.25, 0.3) is 0 Å². The van der Waals surface area contributed by atoms with Crippen LogP contribution in [-0.2, 0) is 9.84 Å². The Morgan fingerprint density at radius 1 is 1.47 bits per heavy atom. The van der Waals surface area contributed by atoms with Crippen LogP contribution in [0.4, 0.5) is 0 Å². The van der Waals surface area contributed by atoms with Crippen LogP contribution in [0.15, 0.2) is 24.3 Å². The highest BCUT2D eigenvalue weighted by atomic mass is 127. The van der Waals surface area contributed by atoms with Crippen molar-refractivity contribution in [1.82, 2.24) is 5.32 Å². The molecule has 2 atom stereocenters. The van der Waals surface area contributed by atoms with E-state index in [9.17, 15) is 8.42 Å². The maximum Gasteiger partial charge on any atom is 0.150 e. The van der Waals surface area contributed by atoms with Gasteiger partial charge in [0.2, 0.25) is 0 Å². The lowest BCUT2D eigenvalue weighted by molar-refractivity contribution is 0.418. The van der Waals surface area contributed by atoms with Gasteiger partial charge in [0.15, 0.2) is 9.84 Å². The summed E-state index contributed by atoms with van der Waals surface area (Å²) < 4.78 is 24.2. The SMILES string of the molecule is CNC(c1cccc(I)c1)C1CCS(=O)(=O)C1. The molecule has 2 unspecified atom stereocenters. The second kappa shape index (κ2) is 5.24. The molecular weight excluding hydrogens is 349 g/mol. The molecule has 2 rings (SSSR count). The van der Waals surface area contributed by atoms with Gasteiger partial charge < -0.3 is 5.32 Å². The molecule has 3 nitrogen and oxygen atoms in total. The summed E-state index contributed by atoms with van der Waals surface area (Å²) in [6.07, 6.45) is 0.763. The van der Waals surface area contributed by atoms with Gasteiger partial charge in [-0.25, -0.2) is 8.42 Å². The molecule has 94 valence electrons. The van der Waals surface area contributed by atoms with Crippen LogP contribution < -0.4 is 5.32 Å². The Labute approximate surface area is 116 Å². The molecule has 1 aromatic carbocycles. The molecule has 1 aliphatic rings. The Morgan fingerprint density at radius 3 is 2.76 bits per heavy atom. The van der Waals surface area contributed by atoms with Gasteiger partial charge >= 0.3 is 0 Å². The van der Waals surface area contributed by atoms with Crippen molar-refractivity contribution in [3.05, 3.63) is 33.4 Å². The first-order chi connectivity index (χ1) is 8.02. The molecule has 1 heterocycles. The summed E-state index contributed by atoms with van der Waals surface area (Å²) in [4.78, 5) is 0.